The Labute approximate surface area is 113 Å². The van der Waals surface area contributed by atoms with Gasteiger partial charge in [0.2, 0.25) is 5.91 Å². The Bertz CT molecular complexity index is 482. The zero-order valence-electron chi connectivity index (χ0n) is 11.4. The van der Waals surface area contributed by atoms with Gasteiger partial charge in [-0.05, 0) is 32.1 Å². The molecule has 2 aliphatic carbocycles. The van der Waals surface area contributed by atoms with Gasteiger partial charge < -0.3 is 11.1 Å². The van der Waals surface area contributed by atoms with Gasteiger partial charge in [0, 0.05) is 24.3 Å². The maximum atomic E-state index is 12.3. The van der Waals surface area contributed by atoms with Gasteiger partial charge in [-0.15, -0.1) is 0 Å². The van der Waals surface area contributed by atoms with Crippen molar-refractivity contribution < 1.29 is 4.79 Å². The van der Waals surface area contributed by atoms with E-state index >= 15 is 0 Å². The second kappa shape index (κ2) is 4.96. The molecule has 1 saturated carbocycles. The van der Waals surface area contributed by atoms with E-state index in [1.54, 1.807) is 0 Å². The minimum absolute atomic E-state index is 0.00190. The molecule has 3 N–H and O–H groups in total. The Morgan fingerprint density at radius 2 is 2.26 bits per heavy atom. The van der Waals surface area contributed by atoms with Crippen LogP contribution in [0, 0.1) is 5.92 Å². The first-order valence-electron chi connectivity index (χ1n) is 7.23. The van der Waals surface area contributed by atoms with E-state index in [2.05, 4.69) is 10.4 Å². The van der Waals surface area contributed by atoms with Gasteiger partial charge in [-0.25, -0.2) is 0 Å². The molecule has 19 heavy (non-hydrogen) atoms. The third-order valence-electron chi connectivity index (χ3n) is 4.60. The smallest absolute Gasteiger partial charge is 0.225 e. The lowest BCUT2D eigenvalue weighted by Crippen LogP contribution is -2.41. The molecule has 5 nitrogen and oxygen atoms in total. The normalized spacial score (nSPS) is 30.1. The molecule has 0 saturated heterocycles. The lowest BCUT2D eigenvalue weighted by atomic mass is 9.92. The van der Waals surface area contributed by atoms with Crippen molar-refractivity contribution in [1.29, 1.82) is 0 Å². The molecule has 3 rings (SSSR count). The summed E-state index contributed by atoms with van der Waals surface area (Å²) in [5, 5.41) is 7.50. The van der Waals surface area contributed by atoms with Crippen molar-refractivity contribution in [1.82, 2.24) is 15.1 Å². The molecule has 0 aromatic carbocycles. The van der Waals surface area contributed by atoms with Crippen LogP contribution in [-0.2, 0) is 18.3 Å². The molecule has 2 aliphatic rings. The van der Waals surface area contributed by atoms with Gasteiger partial charge in [0.15, 0.2) is 0 Å². The van der Waals surface area contributed by atoms with Crippen LogP contribution in [0.5, 0.6) is 0 Å². The predicted molar refractivity (Wildman–Crippen MR) is 72.3 cm³/mol. The SMILES string of the molecule is Cn1ncc2c1CCCC2NC(=O)C1CCCC1N. The highest BCUT2D eigenvalue weighted by atomic mass is 16.2. The van der Waals surface area contributed by atoms with Crippen LogP contribution in [-0.4, -0.2) is 21.7 Å². The van der Waals surface area contributed by atoms with Crippen LogP contribution in [0.15, 0.2) is 6.20 Å². The molecule has 0 spiro atoms. The number of aryl methyl sites for hydroxylation is 1. The van der Waals surface area contributed by atoms with E-state index in [9.17, 15) is 4.79 Å². The minimum atomic E-state index is 0.00190. The third-order valence-corrected chi connectivity index (χ3v) is 4.60. The fraction of sp³-hybridized carbons (Fsp3) is 0.714. The number of nitrogens with one attached hydrogen (secondary N) is 1. The second-order valence-corrected chi connectivity index (χ2v) is 5.82. The van der Waals surface area contributed by atoms with Crippen molar-refractivity contribution in [3.05, 3.63) is 17.5 Å². The van der Waals surface area contributed by atoms with Crippen LogP contribution in [0.3, 0.4) is 0 Å². The Morgan fingerprint density at radius 1 is 1.42 bits per heavy atom. The van der Waals surface area contributed by atoms with Gasteiger partial charge in [-0.3, -0.25) is 9.48 Å². The van der Waals surface area contributed by atoms with Crippen LogP contribution < -0.4 is 11.1 Å². The summed E-state index contributed by atoms with van der Waals surface area (Å²) in [6, 6.07) is 0.162. The first-order chi connectivity index (χ1) is 9.16. The van der Waals surface area contributed by atoms with Crippen LogP contribution in [0.4, 0.5) is 0 Å². The molecule has 3 unspecified atom stereocenters. The number of hydrogen-bond acceptors (Lipinski definition) is 3. The molecule has 3 atom stereocenters. The second-order valence-electron chi connectivity index (χ2n) is 5.82. The fourth-order valence-electron chi connectivity index (χ4n) is 3.45. The molecule has 104 valence electrons. The monoisotopic (exact) mass is 262 g/mol. The highest BCUT2D eigenvalue weighted by Crippen LogP contribution is 2.31. The first kappa shape index (κ1) is 12.7. The van der Waals surface area contributed by atoms with Gasteiger partial charge >= 0.3 is 0 Å². The molecular formula is C14H22N4O. The van der Waals surface area contributed by atoms with Crippen molar-refractivity contribution in [2.45, 2.75) is 50.6 Å². The van der Waals surface area contributed by atoms with Crippen molar-refractivity contribution in [2.24, 2.45) is 18.7 Å². The summed E-state index contributed by atoms with van der Waals surface area (Å²) in [5.74, 6) is 0.133. The highest BCUT2D eigenvalue weighted by Gasteiger charge is 2.33. The number of rotatable bonds is 2. The number of nitrogens with two attached hydrogens (primary N) is 1. The Hall–Kier alpha value is -1.36. The van der Waals surface area contributed by atoms with Crippen LogP contribution >= 0.6 is 0 Å². The number of fused-ring (bicyclic) bond motifs is 1. The molecule has 1 aromatic heterocycles. The summed E-state index contributed by atoms with van der Waals surface area (Å²) in [6.45, 7) is 0. The molecule has 0 bridgehead atoms. The number of carbonyl (C=O) groups excluding carboxylic acids is 1. The van der Waals surface area contributed by atoms with Crippen molar-refractivity contribution in [3.63, 3.8) is 0 Å². The van der Waals surface area contributed by atoms with Crippen LogP contribution in [0.25, 0.3) is 0 Å². The Balaban J connectivity index is 1.72. The zero-order chi connectivity index (χ0) is 13.4. The number of aromatic nitrogens is 2. The van der Waals surface area contributed by atoms with Crippen LogP contribution in [0.1, 0.15) is 49.4 Å². The van der Waals surface area contributed by atoms with E-state index in [0.717, 1.165) is 38.5 Å². The Kier molecular flexibility index (Phi) is 3.31. The molecule has 1 heterocycles. The Morgan fingerprint density at radius 3 is 3.00 bits per heavy atom. The number of amides is 1. The summed E-state index contributed by atoms with van der Waals surface area (Å²) in [4.78, 5) is 12.3. The largest absolute Gasteiger partial charge is 0.349 e. The molecular weight excluding hydrogens is 240 g/mol. The van der Waals surface area contributed by atoms with Crippen LogP contribution in [0.2, 0.25) is 0 Å². The lowest BCUT2D eigenvalue weighted by molar-refractivity contribution is -0.126. The number of carbonyl (C=O) groups is 1. The van der Waals surface area contributed by atoms with Gasteiger partial charge in [0.25, 0.3) is 0 Å². The summed E-state index contributed by atoms with van der Waals surface area (Å²) in [7, 11) is 1.97. The number of nitrogens with zero attached hydrogens (tertiary/aromatic N) is 2. The highest BCUT2D eigenvalue weighted by molar-refractivity contribution is 5.80. The van der Waals surface area contributed by atoms with Gasteiger partial charge in [0.05, 0.1) is 18.2 Å². The van der Waals surface area contributed by atoms with E-state index in [1.165, 1.54) is 11.3 Å². The molecule has 1 aromatic rings. The topological polar surface area (TPSA) is 72.9 Å². The standard InChI is InChI=1S/C14H22N4O/c1-18-13-7-3-6-12(10(13)8-16-18)17-14(19)9-4-2-5-11(9)15/h8-9,11-12H,2-7,15H2,1H3,(H,17,19). The average Bonchev–Trinajstić information content (AvgIpc) is 2.97. The van der Waals surface area contributed by atoms with Crippen molar-refractivity contribution in [3.8, 4) is 0 Å². The van der Waals surface area contributed by atoms with Gasteiger partial charge in [-0.1, -0.05) is 6.42 Å². The van der Waals surface area contributed by atoms with E-state index in [4.69, 9.17) is 5.73 Å². The lowest BCUT2D eigenvalue weighted by Gasteiger charge is -2.26. The zero-order valence-corrected chi connectivity index (χ0v) is 11.4. The fourth-order valence-corrected chi connectivity index (χ4v) is 3.45. The van der Waals surface area contributed by atoms with E-state index < -0.39 is 0 Å². The molecule has 1 amide bonds. The van der Waals surface area contributed by atoms with E-state index in [-0.39, 0.29) is 23.9 Å². The average molecular weight is 262 g/mol. The quantitative estimate of drug-likeness (QED) is 0.836. The van der Waals surface area contributed by atoms with Gasteiger partial charge in [-0.2, -0.15) is 5.10 Å². The first-order valence-corrected chi connectivity index (χ1v) is 7.23. The minimum Gasteiger partial charge on any atom is -0.349 e. The maximum absolute atomic E-state index is 12.3. The predicted octanol–water partition coefficient (Wildman–Crippen LogP) is 1.04. The molecule has 0 radical (unpaired) electrons. The molecule has 5 heteroatoms. The van der Waals surface area contributed by atoms with E-state index in [0.29, 0.717) is 0 Å². The van der Waals surface area contributed by atoms with E-state index in [1.807, 2.05) is 17.9 Å². The summed E-state index contributed by atoms with van der Waals surface area (Å²) >= 11 is 0. The van der Waals surface area contributed by atoms with Gasteiger partial charge in [0.1, 0.15) is 0 Å². The number of hydrogen-bond donors (Lipinski definition) is 2. The third kappa shape index (κ3) is 2.27. The summed E-state index contributed by atoms with van der Waals surface area (Å²) in [5.41, 5.74) is 8.45. The summed E-state index contributed by atoms with van der Waals surface area (Å²) < 4.78 is 1.93. The molecule has 1 fully saturated rings. The molecule has 0 aliphatic heterocycles. The van der Waals surface area contributed by atoms with Crippen molar-refractivity contribution >= 4 is 5.91 Å². The van der Waals surface area contributed by atoms with Crippen molar-refractivity contribution in [2.75, 3.05) is 0 Å². The maximum Gasteiger partial charge on any atom is 0.225 e. The summed E-state index contributed by atoms with van der Waals surface area (Å²) in [6.07, 6.45) is 8.04.